The van der Waals surface area contributed by atoms with Crippen molar-refractivity contribution in [3.8, 4) is 11.1 Å². The molecule has 4 aromatic rings. The first-order valence-electron chi connectivity index (χ1n) is 14.5. The highest BCUT2D eigenvalue weighted by atomic mass is 19.4. The number of nitrogen functional groups attached to an aromatic ring is 1. The fourth-order valence-electron chi connectivity index (χ4n) is 6.07. The molecule has 0 radical (unpaired) electrons. The number of nitrogens with one attached hydrogen (secondary N) is 2. The fourth-order valence-corrected chi connectivity index (χ4v) is 6.07. The molecule has 1 aliphatic heterocycles. The Morgan fingerprint density at radius 3 is 2.37 bits per heavy atom. The minimum atomic E-state index is -4.81. The number of pyridine rings is 3. The van der Waals surface area contributed by atoms with Crippen molar-refractivity contribution in [3.05, 3.63) is 86.7 Å². The summed E-state index contributed by atoms with van der Waals surface area (Å²) < 4.78 is 82.2. The molecule has 5 rings (SSSR count). The number of rotatable bonds is 7. The van der Waals surface area contributed by atoms with Gasteiger partial charge in [0.05, 0.1) is 17.6 Å². The number of aromatic amines is 1. The first kappa shape index (κ1) is 33.0. The van der Waals surface area contributed by atoms with Crippen LogP contribution >= 0.6 is 0 Å². The number of nitrogens with two attached hydrogens (primary N) is 1. The quantitative estimate of drug-likeness (QED) is 0.241. The Hall–Kier alpha value is -4.37. The number of H-pyrrole nitrogens is 1. The predicted octanol–water partition coefficient (Wildman–Crippen LogP) is 5.08. The molecular weight excluding hydrogens is 616 g/mol. The number of carbonyl (C=O) groups is 1. The van der Waals surface area contributed by atoms with Crippen LogP contribution in [0.4, 0.5) is 32.2 Å². The Morgan fingerprint density at radius 1 is 1.07 bits per heavy atom. The number of hydrogen-bond donors (Lipinski definition) is 3. The van der Waals surface area contributed by atoms with Crippen LogP contribution in [-0.4, -0.2) is 69.0 Å². The maximum absolute atomic E-state index is 13.8. The zero-order chi connectivity index (χ0) is 33.6. The minimum Gasteiger partial charge on any atom is -0.384 e. The van der Waals surface area contributed by atoms with Crippen molar-refractivity contribution in [1.29, 1.82) is 0 Å². The summed E-state index contributed by atoms with van der Waals surface area (Å²) in [5, 5.41) is 2.50. The highest BCUT2D eigenvalue weighted by Crippen LogP contribution is 2.35. The third kappa shape index (κ3) is 6.89. The molecule has 4 aromatic heterocycles. The molecule has 9 nitrogen and oxygen atoms in total. The summed E-state index contributed by atoms with van der Waals surface area (Å²) in [6.45, 7) is 4.38. The normalized spacial score (nSPS) is 15.8. The Morgan fingerprint density at radius 2 is 1.76 bits per heavy atom. The predicted molar refractivity (Wildman–Crippen MR) is 160 cm³/mol. The SMILES string of the molecule is Cc1cc(C(F)(F)F)c(CNC(=O)c2cc3c(-c4ccc(N)nc4)ccn3c(C(C)N3CCN(CC(F)(F)F)CC3)c2C)c(=O)[nH]1. The van der Waals surface area contributed by atoms with Crippen molar-refractivity contribution in [2.75, 3.05) is 38.5 Å². The molecule has 4 N–H and O–H groups in total. The van der Waals surface area contributed by atoms with Crippen LogP contribution in [0.3, 0.4) is 0 Å². The number of anilines is 1. The molecule has 1 fully saturated rings. The van der Waals surface area contributed by atoms with Crippen molar-refractivity contribution in [3.63, 3.8) is 0 Å². The summed E-state index contributed by atoms with van der Waals surface area (Å²) in [6, 6.07) is 7.32. The highest BCUT2D eigenvalue weighted by molar-refractivity contribution is 5.98. The molecule has 5 heterocycles. The number of carbonyl (C=O) groups excluding carboxylic acids is 1. The molecule has 0 bridgehead atoms. The molecule has 15 heteroatoms. The Labute approximate surface area is 260 Å². The molecule has 1 unspecified atom stereocenters. The lowest BCUT2D eigenvalue weighted by Crippen LogP contribution is -2.49. The lowest BCUT2D eigenvalue weighted by Gasteiger charge is -2.39. The number of hydrogen-bond acceptors (Lipinski definition) is 6. The monoisotopic (exact) mass is 649 g/mol. The molecule has 0 aromatic carbocycles. The fraction of sp³-hybridized carbons (Fsp3) is 0.387. The van der Waals surface area contributed by atoms with Gasteiger partial charge in [-0.25, -0.2) is 4.98 Å². The van der Waals surface area contributed by atoms with Gasteiger partial charge >= 0.3 is 12.4 Å². The van der Waals surface area contributed by atoms with Gasteiger partial charge in [0.2, 0.25) is 0 Å². The molecule has 246 valence electrons. The van der Waals surface area contributed by atoms with Crippen molar-refractivity contribution in [2.24, 2.45) is 0 Å². The third-order valence-corrected chi connectivity index (χ3v) is 8.35. The summed E-state index contributed by atoms with van der Waals surface area (Å²) in [5.41, 5.74) is 6.49. The summed E-state index contributed by atoms with van der Waals surface area (Å²) in [5.74, 6) is -0.384. The van der Waals surface area contributed by atoms with E-state index in [2.05, 4.69) is 15.3 Å². The van der Waals surface area contributed by atoms with Gasteiger partial charge in [-0.2, -0.15) is 26.3 Å². The van der Waals surface area contributed by atoms with Crippen LogP contribution in [0.15, 0.2) is 47.5 Å². The van der Waals surface area contributed by atoms with E-state index < -0.39 is 48.0 Å². The molecule has 1 saturated heterocycles. The second kappa shape index (κ2) is 12.4. The number of aryl methyl sites for hydroxylation is 1. The van der Waals surface area contributed by atoms with Gasteiger partial charge in [-0.3, -0.25) is 19.4 Å². The van der Waals surface area contributed by atoms with Crippen molar-refractivity contribution >= 4 is 17.2 Å². The second-order valence-electron chi connectivity index (χ2n) is 11.5. The molecular formula is C31H33F6N7O2. The van der Waals surface area contributed by atoms with Crippen LogP contribution in [0.2, 0.25) is 0 Å². The van der Waals surface area contributed by atoms with E-state index in [9.17, 15) is 35.9 Å². The maximum atomic E-state index is 13.8. The van der Waals surface area contributed by atoms with Gasteiger partial charge in [-0.15, -0.1) is 0 Å². The molecule has 1 amide bonds. The van der Waals surface area contributed by atoms with Gasteiger partial charge in [-0.05, 0) is 56.7 Å². The lowest BCUT2D eigenvalue weighted by atomic mass is 9.99. The average Bonchev–Trinajstić information content (AvgIpc) is 3.38. The zero-order valence-electron chi connectivity index (χ0n) is 25.3. The number of aromatic nitrogens is 3. The van der Waals surface area contributed by atoms with Crippen LogP contribution < -0.4 is 16.6 Å². The van der Waals surface area contributed by atoms with Crippen LogP contribution in [-0.2, 0) is 12.7 Å². The molecule has 46 heavy (non-hydrogen) atoms. The number of nitrogens with zero attached hydrogens (tertiary/aromatic N) is 4. The van der Waals surface area contributed by atoms with Crippen LogP contribution in [0.25, 0.3) is 16.6 Å². The Kier molecular flexibility index (Phi) is 8.92. The third-order valence-electron chi connectivity index (χ3n) is 8.35. The van der Waals surface area contributed by atoms with E-state index in [4.69, 9.17) is 5.73 Å². The molecule has 0 saturated carbocycles. The average molecular weight is 650 g/mol. The summed E-state index contributed by atoms with van der Waals surface area (Å²) in [7, 11) is 0. The number of fused-ring (bicyclic) bond motifs is 1. The van der Waals surface area contributed by atoms with Crippen LogP contribution in [0.5, 0.6) is 0 Å². The zero-order valence-corrected chi connectivity index (χ0v) is 25.3. The van der Waals surface area contributed by atoms with Crippen molar-refractivity contribution in [1.82, 2.24) is 29.5 Å². The lowest BCUT2D eigenvalue weighted by molar-refractivity contribution is -0.149. The van der Waals surface area contributed by atoms with E-state index >= 15 is 0 Å². The molecule has 0 aliphatic carbocycles. The van der Waals surface area contributed by atoms with E-state index in [0.717, 1.165) is 6.07 Å². The summed E-state index contributed by atoms with van der Waals surface area (Å²) in [4.78, 5) is 36.1. The van der Waals surface area contributed by atoms with E-state index in [1.54, 1.807) is 31.3 Å². The van der Waals surface area contributed by atoms with E-state index in [1.807, 2.05) is 28.5 Å². The number of piperazine rings is 1. The first-order chi connectivity index (χ1) is 21.5. The van der Waals surface area contributed by atoms with Gasteiger partial charge in [0.25, 0.3) is 11.5 Å². The minimum absolute atomic E-state index is 0.0319. The smallest absolute Gasteiger partial charge is 0.384 e. The first-order valence-corrected chi connectivity index (χ1v) is 14.5. The molecule has 1 atom stereocenters. The van der Waals surface area contributed by atoms with Crippen molar-refractivity contribution < 1.29 is 31.1 Å². The largest absolute Gasteiger partial charge is 0.417 e. The molecule has 0 spiro atoms. The van der Waals surface area contributed by atoms with Crippen LogP contribution in [0, 0.1) is 13.8 Å². The van der Waals surface area contributed by atoms with Gasteiger partial charge in [0.15, 0.2) is 0 Å². The van der Waals surface area contributed by atoms with E-state index in [0.29, 0.717) is 46.8 Å². The van der Waals surface area contributed by atoms with E-state index in [1.165, 1.54) is 11.8 Å². The Bertz CT molecular complexity index is 1800. The standard InChI is InChI=1S/C31H33F6N7O2/c1-17-12-24(31(35,36)37)23(29(46)41-17)15-40-28(45)22-13-25-21(20-4-5-26(38)39-14-20)6-7-44(25)27(18(22)2)19(3)43-10-8-42(9-11-43)16-30(32,33)34/h4-7,12-14,19H,8-11,15-16H2,1-3H3,(H2,38,39)(H,40,45)(H,41,46). The Balaban J connectivity index is 1.53. The van der Waals surface area contributed by atoms with Crippen molar-refractivity contribution in [2.45, 2.75) is 45.7 Å². The number of amides is 1. The summed E-state index contributed by atoms with van der Waals surface area (Å²) >= 11 is 0. The highest BCUT2D eigenvalue weighted by Gasteiger charge is 2.36. The van der Waals surface area contributed by atoms with Gasteiger partial charge in [-0.1, -0.05) is 0 Å². The molecule has 1 aliphatic rings. The van der Waals surface area contributed by atoms with Gasteiger partial charge in [0, 0.05) is 84.8 Å². The van der Waals surface area contributed by atoms with Crippen LogP contribution in [0.1, 0.15) is 51.4 Å². The topological polar surface area (TPSA) is 112 Å². The number of alkyl halides is 6. The van der Waals surface area contributed by atoms with Gasteiger partial charge < -0.3 is 20.4 Å². The second-order valence-corrected chi connectivity index (χ2v) is 11.5. The maximum Gasteiger partial charge on any atom is 0.417 e. The van der Waals surface area contributed by atoms with Gasteiger partial charge in [0.1, 0.15) is 5.82 Å². The summed E-state index contributed by atoms with van der Waals surface area (Å²) in [6.07, 6.45) is -5.71. The van der Waals surface area contributed by atoms with E-state index in [-0.39, 0.29) is 30.4 Å². The number of halogens is 6.